The summed E-state index contributed by atoms with van der Waals surface area (Å²) in [6, 6.07) is 43.0. The molecule has 117 heavy (non-hydrogen) atoms. The van der Waals surface area contributed by atoms with Crippen LogP contribution < -0.4 is 41.3 Å². The average molecular weight is 1580 g/mol. The molecule has 7 amide bonds. The van der Waals surface area contributed by atoms with Gasteiger partial charge >= 0.3 is 5.97 Å². The number of nitrogens with two attached hydrogens (primary N) is 1. The van der Waals surface area contributed by atoms with Gasteiger partial charge in [0.05, 0.1) is 28.8 Å². The maximum Gasteiger partial charge on any atom is 0.358 e. The Morgan fingerprint density at radius 3 is 0.872 bits per heavy atom. The topological polar surface area (TPSA) is 439 Å². The zero-order valence-corrected chi connectivity index (χ0v) is 63.6. The van der Waals surface area contributed by atoms with Crippen molar-refractivity contribution in [1.29, 1.82) is 0 Å². The van der Waals surface area contributed by atoms with Crippen molar-refractivity contribution in [3.63, 3.8) is 0 Å². The number of nitrogens with one attached hydrogen (secondary N) is 3. The second kappa shape index (κ2) is 33.1. The quantitative estimate of drug-likeness (QED) is 0.0657. The fourth-order valence-electron chi connectivity index (χ4n) is 15.4. The molecule has 0 bridgehead atoms. The number of carbonyl (C=O) groups is 8. The summed E-state index contributed by atoms with van der Waals surface area (Å²) in [5, 5.41) is 32.3. The number of likely N-dealkylation sites (N-methyl/N-ethyl adjacent to an activating group) is 4. The van der Waals surface area contributed by atoms with Crippen molar-refractivity contribution in [2.75, 3.05) is 47.8 Å². The number of nitrogens with zero attached hydrogens (tertiary/aromatic N) is 16. The van der Waals surface area contributed by atoms with Gasteiger partial charge in [0.1, 0.15) is 41.2 Å². The monoisotopic (exact) mass is 1570 g/mol. The van der Waals surface area contributed by atoms with Crippen LogP contribution in [0.25, 0.3) is 0 Å². The molecule has 3 unspecified atom stereocenters. The number of anilines is 4. The molecule has 4 aliphatic heterocycles. The zero-order chi connectivity index (χ0) is 81.1. The van der Waals surface area contributed by atoms with E-state index in [0.717, 1.165) is 70.7 Å². The maximum absolute atomic E-state index is 13.0. The third-order valence-corrected chi connectivity index (χ3v) is 21.9. The molecule has 4 aromatic carbocycles. The third-order valence-electron chi connectivity index (χ3n) is 21.9. The van der Waals surface area contributed by atoms with Crippen LogP contribution in [0.3, 0.4) is 0 Å². The Balaban J connectivity index is 0.000000112. The highest BCUT2D eigenvalue weighted by atomic mass is 16.5. The number of carboxylic acids is 1. The van der Waals surface area contributed by atoms with E-state index < -0.39 is 47.9 Å². The van der Waals surface area contributed by atoms with E-state index in [2.05, 4.69) is 76.4 Å². The zero-order valence-electron chi connectivity index (χ0n) is 63.6. The smallest absolute Gasteiger partial charge is 0.358 e. The number of aromatic nitrogens is 12. The molecule has 0 saturated heterocycles. The minimum absolute atomic E-state index is 0.0162. The SMILES string of the molecule is CN1C(=O)[C@@H](N)C2C[C@H]2c2nccnc21.CN1C(=O)[C@@H](NC(=O)c2cc(Cc3ccccc3)on2)C2C[C@H]2c2nccnc21.CN1C(=O)[C@@H](NC(=O)c2cc(Cc3ccccc3)on2)C2C[C@H]2c2nccnc21.CN1C(=O)[C@H](NC(=O)c2cc(Cc3ccccc3)on2)[C@@H]2C[C@@H]2c2nccnc21.O=C(O)c1cc(Cc2ccccc2)on1. The van der Waals surface area contributed by atoms with Crippen molar-refractivity contribution in [2.24, 2.45) is 29.4 Å². The lowest BCUT2D eigenvalue weighted by Gasteiger charge is -2.22. The van der Waals surface area contributed by atoms with Gasteiger partial charge in [-0.1, -0.05) is 142 Å². The normalized spacial score (nSPS) is 22.2. The predicted molar refractivity (Wildman–Crippen MR) is 417 cm³/mol. The number of hydrogen-bond donors (Lipinski definition) is 5. The molecule has 12 aromatic rings. The van der Waals surface area contributed by atoms with Gasteiger partial charge < -0.3 is 44.9 Å². The van der Waals surface area contributed by atoms with E-state index >= 15 is 0 Å². The molecule has 4 saturated carbocycles. The number of hydrogen-bond acceptors (Lipinski definition) is 25. The van der Waals surface area contributed by atoms with Gasteiger partial charge in [0, 0.05) is 151 Å². The molecule has 20 rings (SSSR count). The van der Waals surface area contributed by atoms with Crippen molar-refractivity contribution in [1.82, 2.24) is 76.4 Å². The number of amides is 7. The van der Waals surface area contributed by atoms with Crippen molar-refractivity contribution < 1.29 is 61.6 Å². The van der Waals surface area contributed by atoms with Gasteiger partial charge in [-0.05, 0) is 71.6 Å². The molecule has 0 spiro atoms. The molecule has 12 atom stereocenters. The lowest BCUT2D eigenvalue weighted by atomic mass is 10.1. The highest BCUT2D eigenvalue weighted by Gasteiger charge is 2.57. The van der Waals surface area contributed by atoms with E-state index in [4.69, 9.17) is 28.9 Å². The number of aromatic carboxylic acids is 1. The van der Waals surface area contributed by atoms with Gasteiger partial charge in [0.15, 0.2) is 46.0 Å². The number of benzene rings is 4. The first-order valence-electron chi connectivity index (χ1n) is 38.0. The Bertz CT molecular complexity index is 5280. The first-order valence-corrected chi connectivity index (χ1v) is 38.0. The lowest BCUT2D eigenvalue weighted by molar-refractivity contribution is -0.121. The molecule has 0 radical (unpaired) electrons. The van der Waals surface area contributed by atoms with Crippen LogP contribution in [0.1, 0.15) is 159 Å². The first kappa shape index (κ1) is 76.7. The standard InChI is InChI=1S/3C21H19N5O3.C11H9NO3.C10H12N4O/c3*1-26-19-17(22-7-8-23-19)14-11-15(14)18(21(26)28)24-20(27)16-10-13(29-25-16)9-12-5-3-2-4-6-12;13-11(14)10-7-9(15-12-10)6-8-4-2-1-3-5-8;1-14-9-8(12-2-3-13-9)6-4-5(6)7(11)10(14)15/h3*2-8,10,14-15,18H,9,11H2,1H3,(H,24,27);1-5,7H,6H2,(H,13,14);2-3,5-7H,4,11H2,1H3/t2*14-,15?,18+;14-,15+,18+;;5?,6-,7+/m110.1/s1. The highest BCUT2D eigenvalue weighted by molar-refractivity contribution is 6.05. The average Bonchev–Trinajstić information content (AvgIpc) is 1.61. The van der Waals surface area contributed by atoms with Crippen LogP contribution >= 0.6 is 0 Å². The fraction of sp³-hybridized carbons (Fsp3) is 0.286. The molecule has 8 aliphatic rings. The molecule has 33 heteroatoms. The van der Waals surface area contributed by atoms with Crippen molar-refractivity contribution in [3.8, 4) is 0 Å². The van der Waals surface area contributed by atoms with Crippen LogP contribution in [0, 0.1) is 23.7 Å². The largest absolute Gasteiger partial charge is 0.476 e. The summed E-state index contributed by atoms with van der Waals surface area (Å²) in [5.41, 5.74) is 14.0. The summed E-state index contributed by atoms with van der Waals surface area (Å²) in [6.45, 7) is 0. The Kier molecular flexibility index (Phi) is 21.7. The first-order chi connectivity index (χ1) is 56.8. The van der Waals surface area contributed by atoms with E-state index in [1.165, 1.54) is 25.7 Å². The van der Waals surface area contributed by atoms with E-state index in [1.54, 1.807) is 96.0 Å². The predicted octanol–water partition coefficient (Wildman–Crippen LogP) is 7.65. The van der Waals surface area contributed by atoms with Gasteiger partial charge in [-0.3, -0.25) is 73.1 Å². The highest BCUT2D eigenvalue weighted by Crippen LogP contribution is 2.56. The Labute approximate surface area is 667 Å². The van der Waals surface area contributed by atoms with Gasteiger partial charge in [0.2, 0.25) is 5.91 Å². The van der Waals surface area contributed by atoms with Crippen LogP contribution in [0.4, 0.5) is 23.3 Å². The van der Waals surface area contributed by atoms with Crippen LogP contribution in [-0.2, 0) is 44.9 Å². The fourth-order valence-corrected chi connectivity index (χ4v) is 15.4. The third kappa shape index (κ3) is 16.8. The van der Waals surface area contributed by atoms with E-state index in [1.807, 2.05) is 121 Å². The number of rotatable bonds is 15. The van der Waals surface area contributed by atoms with Crippen LogP contribution in [-0.4, -0.2) is 165 Å². The summed E-state index contributed by atoms with van der Waals surface area (Å²) in [6.07, 6.45) is 18.5. The summed E-state index contributed by atoms with van der Waals surface area (Å²) >= 11 is 0. The van der Waals surface area contributed by atoms with E-state index in [0.29, 0.717) is 77.9 Å². The molecular formula is C84H78N20O13. The van der Waals surface area contributed by atoms with Crippen LogP contribution in [0.5, 0.6) is 0 Å². The molecule has 8 aromatic heterocycles. The number of fused-ring (bicyclic) bond motifs is 12. The summed E-state index contributed by atoms with van der Waals surface area (Å²) in [7, 11) is 6.69. The van der Waals surface area contributed by atoms with Crippen molar-refractivity contribution in [3.05, 3.63) is 286 Å². The summed E-state index contributed by atoms with van der Waals surface area (Å²) in [4.78, 5) is 140. The molecule has 4 aliphatic carbocycles. The molecule has 6 N–H and O–H groups in total. The van der Waals surface area contributed by atoms with Crippen LogP contribution in [0.15, 0.2) is 213 Å². The van der Waals surface area contributed by atoms with Gasteiger partial charge in [-0.15, -0.1) is 0 Å². The second-order valence-electron chi connectivity index (χ2n) is 29.7. The van der Waals surface area contributed by atoms with Crippen molar-refractivity contribution in [2.45, 2.75) is 99.2 Å². The minimum atomic E-state index is -1.07. The van der Waals surface area contributed by atoms with Gasteiger partial charge in [-0.2, -0.15) is 0 Å². The number of carbonyl (C=O) groups excluding carboxylic acids is 7. The Morgan fingerprint density at radius 1 is 0.359 bits per heavy atom. The van der Waals surface area contributed by atoms with Gasteiger partial charge in [-0.25, -0.2) is 24.7 Å². The van der Waals surface area contributed by atoms with E-state index in [9.17, 15) is 38.4 Å². The van der Waals surface area contributed by atoms with E-state index in [-0.39, 0.29) is 87.8 Å². The summed E-state index contributed by atoms with van der Waals surface area (Å²) in [5.74, 6) is 2.75. The minimum Gasteiger partial charge on any atom is -0.476 e. The Morgan fingerprint density at radius 2 is 0.598 bits per heavy atom. The molecule has 33 nitrogen and oxygen atoms in total. The van der Waals surface area contributed by atoms with Gasteiger partial charge in [0.25, 0.3) is 35.4 Å². The Hall–Kier alpha value is -14.2. The second-order valence-corrected chi connectivity index (χ2v) is 29.7. The maximum atomic E-state index is 13.0. The lowest BCUT2D eigenvalue weighted by Crippen LogP contribution is -2.48. The number of carboxylic acid groups (broad SMARTS) is 1. The molecule has 12 heterocycles. The molecular weight excluding hydrogens is 1500 g/mol. The molecule has 4 fully saturated rings. The molecule has 592 valence electrons. The summed E-state index contributed by atoms with van der Waals surface area (Å²) < 4.78 is 20.8. The van der Waals surface area contributed by atoms with Crippen LogP contribution in [0.2, 0.25) is 0 Å². The van der Waals surface area contributed by atoms with Crippen molar-refractivity contribution >= 4 is 70.6 Å².